The average Bonchev–Trinajstić information content (AvgIpc) is 1.59. The van der Waals surface area contributed by atoms with Crippen LogP contribution in [0.25, 0.3) is 33.2 Å². The molecule has 0 spiro atoms. The molecule has 94 heavy (non-hydrogen) atoms. The number of aliphatic hydroxyl groups excluding tert-OH is 1. The van der Waals surface area contributed by atoms with Crippen molar-refractivity contribution in [3.05, 3.63) is 59.2 Å². The highest BCUT2D eigenvalue weighted by molar-refractivity contribution is 5.97. The van der Waals surface area contributed by atoms with Crippen molar-refractivity contribution in [2.75, 3.05) is 40.4 Å². The third kappa shape index (κ3) is 21.5. The van der Waals surface area contributed by atoms with Gasteiger partial charge in [-0.3, -0.25) is 24.1 Å². The molecule has 24 heteroatoms. The minimum absolute atomic E-state index is 0.0698. The van der Waals surface area contributed by atoms with E-state index in [0.717, 1.165) is 69.1 Å². The quantitative estimate of drug-likeness (QED) is 0.0128. The number of aliphatic hydroxyl groups is 1. The van der Waals surface area contributed by atoms with E-state index in [4.69, 9.17) is 28.4 Å². The van der Waals surface area contributed by atoms with Gasteiger partial charge in [0.25, 0.3) is 0 Å². The summed E-state index contributed by atoms with van der Waals surface area (Å²) in [4.78, 5) is 111. The van der Waals surface area contributed by atoms with Crippen LogP contribution in [-0.2, 0) is 60.4 Å². The molecule has 2 aliphatic heterocycles. The Hall–Kier alpha value is -7.05. The standard InChI is InChI=1S/C70H106F2N8O14/c1-15-19-21-23-25-27-33-89-67(87)91-49-37-47(79(41-49)63(83)55(17-3)75-61(81)43(5)77(13)65(85)93-69(7,8)9)39-53-51-31-29-45(71)35-57(51)73-59(53)60-54(52-32-30-46(72)36-58(52)74-60)40-48-38-50(92-68(88)90-34-28-26-24-22-20-16-2)42-80(48)64(84)56(18-4)76-62(82)44(6)78(14)66(86)94-70(10,11)12/h29-32,35-36,43-44,47-50,55-56,65,73-74,85H,15-28,33-34,37-42H2,1-14H3,(H,75,81)(H,76,82)/t43-,44-,47-,48-,49-,50-,55?,56-,65?/m0/s1. The zero-order chi connectivity index (χ0) is 69.2. The van der Waals surface area contributed by atoms with E-state index in [1.807, 2.05) is 0 Å². The molecule has 0 bridgehead atoms. The van der Waals surface area contributed by atoms with Gasteiger partial charge in [-0.25, -0.2) is 28.1 Å². The molecule has 22 nitrogen and oxygen atoms in total. The van der Waals surface area contributed by atoms with E-state index in [-0.39, 0.29) is 64.8 Å². The van der Waals surface area contributed by atoms with Gasteiger partial charge in [0.15, 0.2) is 0 Å². The maximum atomic E-state index is 15.5. The zero-order valence-electron chi connectivity index (χ0n) is 58.0. The Morgan fingerprint density at radius 3 is 1.40 bits per heavy atom. The van der Waals surface area contributed by atoms with Crippen LogP contribution in [0.2, 0.25) is 0 Å². The molecule has 4 heterocycles. The van der Waals surface area contributed by atoms with E-state index in [1.165, 1.54) is 50.2 Å². The summed E-state index contributed by atoms with van der Waals surface area (Å²) < 4.78 is 65.2. The predicted molar refractivity (Wildman–Crippen MR) is 354 cm³/mol. The van der Waals surface area contributed by atoms with Gasteiger partial charge in [0.1, 0.15) is 47.6 Å². The number of carbonyl (C=O) groups is 7. The smallest absolute Gasteiger partial charge is 0.444 e. The topological polar surface area (TPSA) is 264 Å². The van der Waals surface area contributed by atoms with Crippen LogP contribution in [-0.4, -0.2) is 183 Å². The van der Waals surface area contributed by atoms with Crippen molar-refractivity contribution in [2.45, 2.75) is 265 Å². The summed E-state index contributed by atoms with van der Waals surface area (Å²) in [6.45, 7) is 21.4. The van der Waals surface area contributed by atoms with Crippen LogP contribution in [0.1, 0.15) is 197 Å². The van der Waals surface area contributed by atoms with Crippen molar-refractivity contribution in [2.24, 2.45) is 0 Å². The minimum atomic E-state index is -1.45. The molecule has 2 fully saturated rings. The Morgan fingerprint density at radius 2 is 1.01 bits per heavy atom. The number of H-pyrrole nitrogens is 2. The van der Waals surface area contributed by atoms with Gasteiger partial charge < -0.3 is 63.9 Å². The number of nitrogens with zero attached hydrogens (tertiary/aromatic N) is 4. The van der Waals surface area contributed by atoms with Crippen molar-refractivity contribution in [1.29, 1.82) is 0 Å². The molecular formula is C70H106F2N8O14. The molecule has 0 saturated carbocycles. The normalized spacial score (nSPS) is 18.4. The number of aromatic nitrogens is 2. The van der Waals surface area contributed by atoms with Crippen molar-refractivity contribution in [1.82, 2.24) is 40.2 Å². The van der Waals surface area contributed by atoms with Crippen LogP contribution in [0.4, 0.5) is 23.2 Å². The maximum absolute atomic E-state index is 15.5. The molecular weight excluding hydrogens is 1210 g/mol. The van der Waals surface area contributed by atoms with Crippen molar-refractivity contribution in [3.63, 3.8) is 0 Å². The molecule has 2 unspecified atom stereocenters. The van der Waals surface area contributed by atoms with E-state index >= 15 is 18.4 Å². The molecule has 2 aromatic carbocycles. The fraction of sp³-hybridized carbons (Fsp3) is 0.671. The average molecular weight is 1320 g/mol. The Bertz CT molecular complexity index is 3180. The first kappa shape index (κ1) is 76.0. The van der Waals surface area contributed by atoms with E-state index in [0.29, 0.717) is 57.2 Å². The van der Waals surface area contributed by atoms with Gasteiger partial charge in [-0.15, -0.1) is 0 Å². The van der Waals surface area contributed by atoms with Crippen LogP contribution in [0, 0.1) is 11.6 Å². The largest absolute Gasteiger partial charge is 0.508 e. The number of carbonyl (C=O) groups excluding carboxylic acids is 7. The first-order valence-electron chi connectivity index (χ1n) is 34.0. The molecule has 6 rings (SSSR count). The fourth-order valence-corrected chi connectivity index (χ4v) is 12.1. The summed E-state index contributed by atoms with van der Waals surface area (Å²) in [5.74, 6) is -3.22. The van der Waals surface area contributed by atoms with E-state index in [1.54, 1.807) is 84.2 Å². The van der Waals surface area contributed by atoms with Gasteiger partial charge in [0.05, 0.1) is 49.3 Å². The van der Waals surface area contributed by atoms with Gasteiger partial charge in [0.2, 0.25) is 30.0 Å². The number of rotatable bonds is 33. The van der Waals surface area contributed by atoms with Gasteiger partial charge in [-0.2, -0.15) is 0 Å². The van der Waals surface area contributed by atoms with Crippen molar-refractivity contribution >= 4 is 63.8 Å². The molecule has 0 radical (unpaired) electrons. The summed E-state index contributed by atoms with van der Waals surface area (Å²) >= 11 is 0. The number of hydrogen-bond acceptors (Lipinski definition) is 15. The molecule has 9 atom stereocenters. The molecule has 0 aliphatic carbocycles. The van der Waals surface area contributed by atoms with Crippen molar-refractivity contribution in [3.8, 4) is 11.4 Å². The Balaban J connectivity index is 1.39. The van der Waals surface area contributed by atoms with Gasteiger partial charge in [0, 0.05) is 53.8 Å². The van der Waals surface area contributed by atoms with Crippen LogP contribution in [0.15, 0.2) is 36.4 Å². The van der Waals surface area contributed by atoms with E-state index in [2.05, 4.69) is 34.4 Å². The third-order valence-electron chi connectivity index (χ3n) is 17.6. The van der Waals surface area contributed by atoms with Gasteiger partial charge >= 0.3 is 18.4 Å². The minimum Gasteiger partial charge on any atom is -0.444 e. The molecule has 4 aromatic rings. The molecule has 5 amide bonds. The fourth-order valence-electron chi connectivity index (χ4n) is 12.1. The number of benzene rings is 2. The van der Waals surface area contributed by atoms with Gasteiger partial charge in [-0.1, -0.05) is 91.9 Å². The lowest BCUT2D eigenvalue weighted by Crippen LogP contribution is -2.56. The first-order valence-corrected chi connectivity index (χ1v) is 34.0. The molecule has 2 saturated heterocycles. The summed E-state index contributed by atoms with van der Waals surface area (Å²) in [5.41, 5.74) is 1.28. The lowest BCUT2D eigenvalue weighted by Gasteiger charge is -2.34. The maximum Gasteiger partial charge on any atom is 0.508 e. The van der Waals surface area contributed by atoms with Crippen LogP contribution in [0.3, 0.4) is 0 Å². The summed E-state index contributed by atoms with van der Waals surface area (Å²) in [6.07, 6.45) is 6.69. The Kier molecular flexibility index (Phi) is 28.4. The van der Waals surface area contributed by atoms with Crippen LogP contribution >= 0.6 is 0 Å². The van der Waals surface area contributed by atoms with Crippen molar-refractivity contribution < 1.29 is 75.9 Å². The number of amides is 5. The number of hydrogen-bond donors (Lipinski definition) is 5. The first-order chi connectivity index (χ1) is 44.5. The van der Waals surface area contributed by atoms with E-state index < -0.39 is 120 Å². The highest BCUT2D eigenvalue weighted by Gasteiger charge is 2.44. The van der Waals surface area contributed by atoms with Crippen LogP contribution in [0.5, 0.6) is 0 Å². The number of nitrogens with one attached hydrogen (secondary N) is 4. The second-order valence-electron chi connectivity index (χ2n) is 27.3. The third-order valence-corrected chi connectivity index (χ3v) is 17.6. The number of likely N-dealkylation sites (N-methyl/N-ethyl adjacent to an activating group) is 2. The highest BCUT2D eigenvalue weighted by atomic mass is 19.1. The summed E-state index contributed by atoms with van der Waals surface area (Å²) in [6, 6.07) is 2.92. The molecule has 5 N–H and O–H groups in total. The summed E-state index contributed by atoms with van der Waals surface area (Å²) in [5, 5.41) is 17.8. The number of fused-ring (bicyclic) bond motifs is 2. The number of unbranched alkanes of at least 4 members (excludes halogenated alkanes) is 10. The number of halogens is 2. The summed E-state index contributed by atoms with van der Waals surface area (Å²) in [7, 11) is 2.96. The molecule has 524 valence electrons. The van der Waals surface area contributed by atoms with E-state index in [9.17, 15) is 29.1 Å². The Labute approximate surface area is 553 Å². The highest BCUT2D eigenvalue weighted by Crippen LogP contribution is 2.41. The second kappa shape index (κ2) is 35.1. The number of ether oxygens (including phenoxy) is 6. The molecule has 2 aliphatic rings. The molecule has 2 aromatic heterocycles. The monoisotopic (exact) mass is 1320 g/mol. The second-order valence-corrected chi connectivity index (χ2v) is 27.3. The van der Waals surface area contributed by atoms with Gasteiger partial charge in [-0.05, 0) is 148 Å². The number of likely N-dealkylation sites (tertiary alicyclic amines) is 2. The lowest BCUT2D eigenvalue weighted by molar-refractivity contribution is -0.239. The predicted octanol–water partition coefficient (Wildman–Crippen LogP) is 12.1. The zero-order valence-corrected chi connectivity index (χ0v) is 58.0. The SMILES string of the molecule is CCCCCCCCOC(=O)O[C@H]1C[C@@H](Cc2c(-c3[nH]c4cc(F)ccc4c3C[C@@H]3C[C@H](OC(=O)OCCCCCCCC)CN3C(=O)[C@H](CC)NC(=O)[C@H](C)N(C)C(=O)OC(C)(C)C)[nH]c3cc(F)ccc23)N(C(=O)C(CC)NC(=O)[C@H](C)N(C)C(O)OC(C)(C)C)C1. The number of aromatic amines is 2. The van der Waals surface area contributed by atoms with Crippen LogP contribution < -0.4 is 10.6 Å². The lowest BCUT2D eigenvalue weighted by atomic mass is 9.94. The Morgan fingerprint density at radius 1 is 0.606 bits per heavy atom.